The molecule has 0 unspecified atom stereocenters. The number of aromatic amines is 1. The first-order valence-corrected chi connectivity index (χ1v) is 6.20. The Hall–Kier alpha value is -2.10. The summed E-state index contributed by atoms with van der Waals surface area (Å²) in [5.41, 5.74) is 5.83. The molecule has 0 spiro atoms. The first-order chi connectivity index (χ1) is 9.02. The van der Waals surface area contributed by atoms with Crippen LogP contribution in [0.15, 0.2) is 18.3 Å². The number of methoxy groups -OCH3 is 1. The number of esters is 1. The molecule has 0 aliphatic heterocycles. The molecule has 2 aromatic rings. The number of aryl methyl sites for hydroxylation is 1. The molecule has 19 heavy (non-hydrogen) atoms. The van der Waals surface area contributed by atoms with Gasteiger partial charge in [0.25, 0.3) is 0 Å². The molecule has 0 aliphatic rings. The van der Waals surface area contributed by atoms with Crippen molar-refractivity contribution in [1.82, 2.24) is 9.97 Å². The van der Waals surface area contributed by atoms with Crippen molar-refractivity contribution in [2.45, 2.75) is 27.2 Å². The predicted octanol–water partition coefficient (Wildman–Crippen LogP) is 2.72. The van der Waals surface area contributed by atoms with Gasteiger partial charge in [0.05, 0.1) is 19.0 Å². The number of nitrogens with zero attached hydrogens (tertiary/aromatic N) is 1. The van der Waals surface area contributed by atoms with E-state index in [4.69, 9.17) is 0 Å². The van der Waals surface area contributed by atoms with Gasteiger partial charge in [-0.1, -0.05) is 12.1 Å². The summed E-state index contributed by atoms with van der Waals surface area (Å²) in [6.07, 6.45) is 1.93. The maximum absolute atomic E-state index is 11.2. The number of benzene rings is 1. The average molecular weight is 258 g/mol. The molecule has 0 aliphatic carbocycles. The molecule has 100 valence electrons. The Bertz CT molecular complexity index is 615. The fraction of sp³-hybridized carbons (Fsp3) is 0.333. The summed E-state index contributed by atoms with van der Waals surface area (Å²) in [5, 5.41) is 0. The van der Waals surface area contributed by atoms with E-state index in [2.05, 4.69) is 47.6 Å². The quantitative estimate of drug-likeness (QED) is 0.861. The third-order valence-electron chi connectivity index (χ3n) is 3.52. The zero-order valence-electron chi connectivity index (χ0n) is 11.7. The van der Waals surface area contributed by atoms with Gasteiger partial charge in [-0.15, -0.1) is 0 Å². The first-order valence-electron chi connectivity index (χ1n) is 6.20. The smallest absolute Gasteiger partial charge is 0.313 e. The van der Waals surface area contributed by atoms with Crippen molar-refractivity contribution in [1.29, 1.82) is 0 Å². The van der Waals surface area contributed by atoms with E-state index in [9.17, 15) is 4.79 Å². The van der Waals surface area contributed by atoms with E-state index in [-0.39, 0.29) is 12.4 Å². The van der Waals surface area contributed by atoms with E-state index in [1.807, 2.05) is 0 Å². The normalized spacial score (nSPS) is 10.5. The number of rotatable bonds is 3. The van der Waals surface area contributed by atoms with Crippen LogP contribution < -0.4 is 0 Å². The summed E-state index contributed by atoms with van der Waals surface area (Å²) >= 11 is 0. The molecule has 0 radical (unpaired) electrons. The highest BCUT2D eigenvalue weighted by Gasteiger charge is 2.11. The van der Waals surface area contributed by atoms with Crippen molar-refractivity contribution in [3.05, 3.63) is 40.8 Å². The van der Waals surface area contributed by atoms with Crippen molar-refractivity contribution in [3.8, 4) is 11.3 Å². The van der Waals surface area contributed by atoms with E-state index < -0.39 is 0 Å². The largest absolute Gasteiger partial charge is 0.469 e. The standard InChI is InChI=1S/C15H18N2O2/c1-9-5-6-12(11(3)10(9)2)13-8-16-14(17-13)7-15(18)19-4/h5-6,8H,7H2,1-4H3,(H,16,17). The highest BCUT2D eigenvalue weighted by atomic mass is 16.5. The molecule has 2 rings (SSSR count). The van der Waals surface area contributed by atoms with Crippen molar-refractivity contribution in [2.24, 2.45) is 0 Å². The highest BCUT2D eigenvalue weighted by Crippen LogP contribution is 2.26. The number of aromatic nitrogens is 2. The van der Waals surface area contributed by atoms with Crippen LogP contribution in [0.3, 0.4) is 0 Å². The zero-order chi connectivity index (χ0) is 14.0. The molecule has 0 amide bonds. The van der Waals surface area contributed by atoms with Gasteiger partial charge in [-0.25, -0.2) is 4.98 Å². The summed E-state index contributed by atoms with van der Waals surface area (Å²) in [7, 11) is 1.37. The summed E-state index contributed by atoms with van der Waals surface area (Å²) in [6, 6.07) is 4.17. The molecule has 0 fully saturated rings. The number of imidazole rings is 1. The number of carbonyl (C=O) groups excluding carboxylic acids is 1. The summed E-state index contributed by atoms with van der Waals surface area (Å²) in [4.78, 5) is 18.6. The number of H-pyrrole nitrogens is 1. The van der Waals surface area contributed by atoms with Crippen LogP contribution in [0.5, 0.6) is 0 Å². The fourth-order valence-corrected chi connectivity index (χ4v) is 2.05. The molecule has 0 saturated carbocycles. The van der Waals surface area contributed by atoms with Gasteiger partial charge in [-0.3, -0.25) is 4.79 Å². The average Bonchev–Trinajstić information content (AvgIpc) is 2.84. The molecular weight excluding hydrogens is 240 g/mol. The highest BCUT2D eigenvalue weighted by molar-refractivity contribution is 5.72. The molecule has 0 bridgehead atoms. The van der Waals surface area contributed by atoms with E-state index in [1.165, 1.54) is 23.8 Å². The van der Waals surface area contributed by atoms with Crippen LogP contribution >= 0.6 is 0 Å². The van der Waals surface area contributed by atoms with E-state index in [0.717, 1.165) is 11.3 Å². The maximum Gasteiger partial charge on any atom is 0.313 e. The number of carbonyl (C=O) groups is 1. The minimum absolute atomic E-state index is 0.167. The summed E-state index contributed by atoms with van der Waals surface area (Å²) in [5.74, 6) is 0.331. The van der Waals surface area contributed by atoms with E-state index in [1.54, 1.807) is 6.20 Å². The van der Waals surface area contributed by atoms with Gasteiger partial charge in [-0.05, 0) is 37.5 Å². The molecule has 1 N–H and O–H groups in total. The van der Waals surface area contributed by atoms with Gasteiger partial charge in [-0.2, -0.15) is 0 Å². The third kappa shape index (κ3) is 2.67. The lowest BCUT2D eigenvalue weighted by atomic mass is 9.97. The lowest BCUT2D eigenvalue weighted by Crippen LogP contribution is -2.05. The van der Waals surface area contributed by atoms with Crippen LogP contribution in [0.4, 0.5) is 0 Å². The summed E-state index contributed by atoms with van der Waals surface area (Å²) in [6.45, 7) is 6.31. The van der Waals surface area contributed by atoms with Crippen molar-refractivity contribution in [3.63, 3.8) is 0 Å². The van der Waals surface area contributed by atoms with Crippen molar-refractivity contribution in [2.75, 3.05) is 7.11 Å². The Balaban J connectivity index is 2.33. The zero-order valence-corrected chi connectivity index (χ0v) is 11.7. The molecule has 1 heterocycles. The van der Waals surface area contributed by atoms with E-state index in [0.29, 0.717) is 5.82 Å². The van der Waals surface area contributed by atoms with Crippen molar-refractivity contribution < 1.29 is 9.53 Å². The molecule has 1 aromatic heterocycles. The Labute approximate surface area is 112 Å². The third-order valence-corrected chi connectivity index (χ3v) is 3.52. The van der Waals surface area contributed by atoms with Crippen LogP contribution in [-0.4, -0.2) is 23.0 Å². The van der Waals surface area contributed by atoms with Crippen LogP contribution in [0.1, 0.15) is 22.5 Å². The number of hydrogen-bond donors (Lipinski definition) is 1. The lowest BCUT2D eigenvalue weighted by molar-refractivity contribution is -0.139. The molecule has 0 atom stereocenters. The first kappa shape index (κ1) is 13.3. The van der Waals surface area contributed by atoms with Crippen LogP contribution in [0.2, 0.25) is 0 Å². The minimum atomic E-state index is -0.294. The fourth-order valence-electron chi connectivity index (χ4n) is 2.05. The van der Waals surface area contributed by atoms with Gasteiger partial charge in [0.1, 0.15) is 12.2 Å². The number of ether oxygens (including phenoxy) is 1. The molecule has 4 heteroatoms. The molecule has 0 saturated heterocycles. The molecule has 4 nitrogen and oxygen atoms in total. The second kappa shape index (κ2) is 5.26. The lowest BCUT2D eigenvalue weighted by Gasteiger charge is -2.09. The van der Waals surface area contributed by atoms with Crippen LogP contribution in [0, 0.1) is 20.8 Å². The van der Waals surface area contributed by atoms with Gasteiger partial charge in [0.15, 0.2) is 0 Å². The predicted molar refractivity (Wildman–Crippen MR) is 74.0 cm³/mol. The Morgan fingerprint density at radius 3 is 2.68 bits per heavy atom. The Morgan fingerprint density at radius 1 is 1.26 bits per heavy atom. The van der Waals surface area contributed by atoms with E-state index >= 15 is 0 Å². The Morgan fingerprint density at radius 2 is 2.00 bits per heavy atom. The van der Waals surface area contributed by atoms with Crippen LogP contribution in [-0.2, 0) is 16.0 Å². The van der Waals surface area contributed by atoms with Gasteiger partial charge < -0.3 is 9.72 Å². The minimum Gasteiger partial charge on any atom is -0.469 e. The summed E-state index contributed by atoms with van der Waals surface area (Å²) < 4.78 is 4.63. The molecule has 1 aromatic carbocycles. The molecular formula is C15H18N2O2. The Kier molecular flexibility index (Phi) is 3.69. The van der Waals surface area contributed by atoms with Crippen molar-refractivity contribution >= 4 is 5.97 Å². The second-order valence-electron chi connectivity index (χ2n) is 4.68. The second-order valence-corrected chi connectivity index (χ2v) is 4.68. The van der Waals surface area contributed by atoms with Gasteiger partial charge >= 0.3 is 5.97 Å². The topological polar surface area (TPSA) is 55.0 Å². The number of hydrogen-bond acceptors (Lipinski definition) is 3. The maximum atomic E-state index is 11.2. The van der Waals surface area contributed by atoms with Gasteiger partial charge in [0.2, 0.25) is 0 Å². The van der Waals surface area contributed by atoms with Gasteiger partial charge in [0, 0.05) is 5.56 Å². The van der Waals surface area contributed by atoms with Crippen LogP contribution in [0.25, 0.3) is 11.3 Å². The number of nitrogens with one attached hydrogen (secondary N) is 1. The SMILES string of the molecule is COC(=O)Cc1ncc(-c2ccc(C)c(C)c2C)[nH]1. The monoisotopic (exact) mass is 258 g/mol.